The lowest BCUT2D eigenvalue weighted by Gasteiger charge is -2.26. The van der Waals surface area contributed by atoms with Gasteiger partial charge in [0.25, 0.3) is 0 Å². The maximum atomic E-state index is 11.1. The summed E-state index contributed by atoms with van der Waals surface area (Å²) < 4.78 is 5.00. The van der Waals surface area contributed by atoms with E-state index >= 15 is 0 Å². The van der Waals surface area contributed by atoms with Crippen LogP contribution < -0.4 is 0 Å². The molecule has 0 aromatic rings. The Morgan fingerprint density at radius 2 is 2.45 bits per heavy atom. The predicted molar refractivity (Wildman–Crippen MR) is 40.9 cm³/mol. The smallest absolute Gasteiger partial charge is 0.333 e. The summed E-state index contributed by atoms with van der Waals surface area (Å²) in [6.07, 6.45) is 4.23. The molecule has 0 aromatic carbocycles. The SMILES string of the molecule is C[C@H]1COC(=O)C2=CCC[C@H]21. The largest absolute Gasteiger partial charge is 0.462 e. The minimum absolute atomic E-state index is 0.0781. The van der Waals surface area contributed by atoms with E-state index in [1.807, 2.05) is 6.08 Å². The molecule has 2 atom stereocenters. The first-order valence-electron chi connectivity index (χ1n) is 4.16. The quantitative estimate of drug-likeness (QED) is 0.492. The van der Waals surface area contributed by atoms with Crippen LogP contribution in [0.25, 0.3) is 0 Å². The van der Waals surface area contributed by atoms with Crippen LogP contribution in [0.15, 0.2) is 11.6 Å². The minimum atomic E-state index is -0.0781. The van der Waals surface area contributed by atoms with Gasteiger partial charge in [-0.15, -0.1) is 0 Å². The topological polar surface area (TPSA) is 26.3 Å². The monoisotopic (exact) mass is 152 g/mol. The fraction of sp³-hybridized carbons (Fsp3) is 0.667. The highest BCUT2D eigenvalue weighted by molar-refractivity contribution is 5.90. The predicted octanol–water partition coefficient (Wildman–Crippen LogP) is 1.52. The van der Waals surface area contributed by atoms with Crippen molar-refractivity contribution in [2.75, 3.05) is 6.61 Å². The van der Waals surface area contributed by atoms with E-state index in [1.54, 1.807) is 0 Å². The van der Waals surface area contributed by atoms with Gasteiger partial charge in [-0.25, -0.2) is 4.79 Å². The second kappa shape index (κ2) is 2.36. The van der Waals surface area contributed by atoms with Crippen LogP contribution in [-0.4, -0.2) is 12.6 Å². The highest BCUT2D eigenvalue weighted by atomic mass is 16.5. The molecule has 1 aliphatic heterocycles. The minimum Gasteiger partial charge on any atom is -0.462 e. The van der Waals surface area contributed by atoms with E-state index in [4.69, 9.17) is 4.74 Å². The van der Waals surface area contributed by atoms with Crippen LogP contribution in [0.4, 0.5) is 0 Å². The molecule has 1 aliphatic carbocycles. The van der Waals surface area contributed by atoms with E-state index in [0.29, 0.717) is 18.4 Å². The first kappa shape index (κ1) is 6.89. The zero-order chi connectivity index (χ0) is 7.84. The molecule has 0 amide bonds. The number of hydrogen-bond acceptors (Lipinski definition) is 2. The number of ether oxygens (including phenoxy) is 1. The molecule has 0 radical (unpaired) electrons. The number of cyclic esters (lactones) is 1. The van der Waals surface area contributed by atoms with Gasteiger partial charge in [0.1, 0.15) is 0 Å². The van der Waals surface area contributed by atoms with Crippen LogP contribution in [0.5, 0.6) is 0 Å². The van der Waals surface area contributed by atoms with Gasteiger partial charge < -0.3 is 4.74 Å². The molecule has 0 bridgehead atoms. The molecule has 0 saturated carbocycles. The third kappa shape index (κ3) is 0.971. The van der Waals surface area contributed by atoms with Crippen molar-refractivity contribution in [3.05, 3.63) is 11.6 Å². The summed E-state index contributed by atoms with van der Waals surface area (Å²) in [5, 5.41) is 0. The standard InChI is InChI=1S/C9H12O2/c1-6-5-11-9(10)8-4-2-3-7(6)8/h4,6-7H,2-3,5H2,1H3/t6-,7-/m0/s1. The van der Waals surface area contributed by atoms with Crippen molar-refractivity contribution >= 4 is 5.97 Å². The average Bonchev–Trinajstić information content (AvgIpc) is 2.45. The number of carbonyl (C=O) groups is 1. The molecule has 2 heteroatoms. The van der Waals surface area contributed by atoms with Crippen LogP contribution in [0.3, 0.4) is 0 Å². The van der Waals surface area contributed by atoms with E-state index in [9.17, 15) is 4.79 Å². The molecule has 60 valence electrons. The van der Waals surface area contributed by atoms with Gasteiger partial charge in [0.05, 0.1) is 6.61 Å². The van der Waals surface area contributed by atoms with Crippen LogP contribution in [0, 0.1) is 11.8 Å². The molecular weight excluding hydrogens is 140 g/mol. The lowest BCUT2D eigenvalue weighted by atomic mass is 9.87. The van der Waals surface area contributed by atoms with Gasteiger partial charge in [-0.2, -0.15) is 0 Å². The summed E-state index contributed by atoms with van der Waals surface area (Å²) in [7, 11) is 0. The highest BCUT2D eigenvalue weighted by Gasteiger charge is 2.34. The molecule has 0 N–H and O–H groups in total. The van der Waals surface area contributed by atoms with Gasteiger partial charge in [0.2, 0.25) is 0 Å². The molecule has 2 rings (SSSR count). The molecular formula is C9H12O2. The highest BCUT2D eigenvalue weighted by Crippen LogP contribution is 2.36. The average molecular weight is 152 g/mol. The number of rotatable bonds is 0. The van der Waals surface area contributed by atoms with Crippen LogP contribution in [-0.2, 0) is 9.53 Å². The molecule has 11 heavy (non-hydrogen) atoms. The third-order valence-corrected chi connectivity index (χ3v) is 2.64. The van der Waals surface area contributed by atoms with Gasteiger partial charge in [-0.3, -0.25) is 0 Å². The van der Waals surface area contributed by atoms with Gasteiger partial charge >= 0.3 is 5.97 Å². The molecule has 1 fully saturated rings. The zero-order valence-corrected chi connectivity index (χ0v) is 6.67. The molecule has 0 spiro atoms. The second-order valence-electron chi connectivity index (χ2n) is 3.42. The number of allylic oxidation sites excluding steroid dienone is 1. The number of carbonyl (C=O) groups excluding carboxylic acids is 1. The maximum absolute atomic E-state index is 11.1. The molecule has 0 unspecified atom stereocenters. The first-order valence-corrected chi connectivity index (χ1v) is 4.16. The Hall–Kier alpha value is -0.790. The first-order chi connectivity index (χ1) is 5.29. The number of fused-ring (bicyclic) bond motifs is 1. The van der Waals surface area contributed by atoms with Crippen molar-refractivity contribution in [2.45, 2.75) is 19.8 Å². The number of esters is 1. The normalized spacial score (nSPS) is 36.1. The third-order valence-electron chi connectivity index (χ3n) is 2.64. The summed E-state index contributed by atoms with van der Waals surface area (Å²) in [5.74, 6) is 0.948. The number of hydrogen-bond donors (Lipinski definition) is 0. The van der Waals surface area contributed by atoms with E-state index in [-0.39, 0.29) is 5.97 Å². The Balaban J connectivity index is 2.24. The van der Waals surface area contributed by atoms with Crippen molar-refractivity contribution < 1.29 is 9.53 Å². The Morgan fingerprint density at radius 1 is 1.64 bits per heavy atom. The zero-order valence-electron chi connectivity index (χ0n) is 6.67. The van der Waals surface area contributed by atoms with Gasteiger partial charge in [0, 0.05) is 5.57 Å². The second-order valence-corrected chi connectivity index (χ2v) is 3.42. The van der Waals surface area contributed by atoms with Gasteiger partial charge in [0.15, 0.2) is 0 Å². The fourth-order valence-electron chi connectivity index (χ4n) is 1.96. The lowest BCUT2D eigenvalue weighted by Crippen LogP contribution is -2.29. The summed E-state index contributed by atoms with van der Waals surface area (Å²) >= 11 is 0. The Morgan fingerprint density at radius 3 is 3.18 bits per heavy atom. The van der Waals surface area contributed by atoms with Gasteiger partial charge in [-0.05, 0) is 24.7 Å². The maximum Gasteiger partial charge on any atom is 0.333 e. The fourth-order valence-corrected chi connectivity index (χ4v) is 1.96. The van der Waals surface area contributed by atoms with Crippen molar-refractivity contribution in [1.82, 2.24) is 0 Å². The summed E-state index contributed by atoms with van der Waals surface area (Å²) in [6, 6.07) is 0. The summed E-state index contributed by atoms with van der Waals surface area (Å²) in [4.78, 5) is 11.1. The van der Waals surface area contributed by atoms with E-state index in [2.05, 4.69) is 6.92 Å². The summed E-state index contributed by atoms with van der Waals surface area (Å²) in [6.45, 7) is 2.76. The summed E-state index contributed by atoms with van der Waals surface area (Å²) in [5.41, 5.74) is 0.934. The molecule has 1 saturated heterocycles. The van der Waals surface area contributed by atoms with Gasteiger partial charge in [-0.1, -0.05) is 13.0 Å². The van der Waals surface area contributed by atoms with Crippen molar-refractivity contribution in [3.8, 4) is 0 Å². The van der Waals surface area contributed by atoms with E-state index < -0.39 is 0 Å². The van der Waals surface area contributed by atoms with Crippen LogP contribution >= 0.6 is 0 Å². The van der Waals surface area contributed by atoms with Crippen LogP contribution in [0.1, 0.15) is 19.8 Å². The Bertz CT molecular complexity index is 218. The van der Waals surface area contributed by atoms with Crippen LogP contribution in [0.2, 0.25) is 0 Å². The Kier molecular flexibility index (Phi) is 1.48. The molecule has 2 nitrogen and oxygen atoms in total. The van der Waals surface area contributed by atoms with Crippen molar-refractivity contribution in [2.24, 2.45) is 11.8 Å². The molecule has 1 heterocycles. The van der Waals surface area contributed by atoms with Crippen molar-refractivity contribution in [3.63, 3.8) is 0 Å². The molecule has 2 aliphatic rings. The lowest BCUT2D eigenvalue weighted by molar-refractivity contribution is -0.144. The van der Waals surface area contributed by atoms with E-state index in [0.717, 1.165) is 18.4 Å². The Labute approximate surface area is 66.2 Å². The van der Waals surface area contributed by atoms with Crippen molar-refractivity contribution in [1.29, 1.82) is 0 Å². The van der Waals surface area contributed by atoms with E-state index in [1.165, 1.54) is 0 Å². The molecule has 0 aromatic heterocycles.